The van der Waals surface area contributed by atoms with Gasteiger partial charge >= 0.3 is 6.09 Å². The summed E-state index contributed by atoms with van der Waals surface area (Å²) in [4.78, 5) is 15.1. The Balaban J connectivity index is 1.32. The molecule has 2 atom stereocenters. The van der Waals surface area contributed by atoms with E-state index < -0.39 is 0 Å². The number of fused-ring (bicyclic) bond motifs is 5. The Morgan fingerprint density at radius 1 is 1.06 bits per heavy atom. The van der Waals surface area contributed by atoms with Gasteiger partial charge in [-0.05, 0) is 48.9 Å². The molecule has 1 fully saturated rings. The second-order valence-corrected chi connectivity index (χ2v) is 8.98. The van der Waals surface area contributed by atoms with E-state index in [1.165, 1.54) is 33.4 Å². The van der Waals surface area contributed by atoms with Crippen LogP contribution in [0.15, 0.2) is 71.8 Å². The molecule has 4 heteroatoms. The molecule has 0 saturated carbocycles. The van der Waals surface area contributed by atoms with Crippen molar-refractivity contribution in [2.45, 2.75) is 44.7 Å². The van der Waals surface area contributed by atoms with Crippen molar-refractivity contribution in [3.63, 3.8) is 0 Å². The van der Waals surface area contributed by atoms with Crippen molar-refractivity contribution in [1.29, 1.82) is 0 Å². The zero-order valence-electron chi connectivity index (χ0n) is 18.2. The summed E-state index contributed by atoms with van der Waals surface area (Å²) in [6, 6.07) is 16.9. The number of benzene rings is 2. The van der Waals surface area contributed by atoms with Gasteiger partial charge in [0, 0.05) is 5.92 Å². The Bertz CT molecular complexity index is 1000. The van der Waals surface area contributed by atoms with Crippen molar-refractivity contribution in [3.8, 4) is 11.1 Å². The van der Waals surface area contributed by atoms with Crippen molar-refractivity contribution in [1.82, 2.24) is 4.90 Å². The van der Waals surface area contributed by atoms with E-state index in [0.29, 0.717) is 19.8 Å². The maximum Gasteiger partial charge on any atom is 0.410 e. The van der Waals surface area contributed by atoms with Crippen LogP contribution in [-0.2, 0) is 9.47 Å². The highest BCUT2D eigenvalue weighted by atomic mass is 16.6. The van der Waals surface area contributed by atoms with Crippen molar-refractivity contribution >= 4 is 6.09 Å². The van der Waals surface area contributed by atoms with Gasteiger partial charge in [0.2, 0.25) is 0 Å². The summed E-state index contributed by atoms with van der Waals surface area (Å²) in [6.45, 7) is 5.72. The smallest absolute Gasteiger partial charge is 0.410 e. The number of nitrogens with zero attached hydrogens (tertiary/aromatic N) is 1. The van der Waals surface area contributed by atoms with Crippen LogP contribution in [0.4, 0.5) is 4.79 Å². The second kappa shape index (κ2) is 8.35. The molecule has 2 aromatic carbocycles. The standard InChI is InChI=1S/C27H29NO3/c1-18(2)11-12-19-13-20-15-30-16-21(14-19)28(20)27(29)31-17-26-24-9-5-3-7-22(24)23-8-4-6-10-25(23)26/h3-11,13,20-21,26H,12,14-17H2,1-2H3. The molecule has 4 nitrogen and oxygen atoms in total. The first-order chi connectivity index (χ1) is 15.1. The van der Waals surface area contributed by atoms with Crippen LogP contribution in [0.25, 0.3) is 11.1 Å². The summed E-state index contributed by atoms with van der Waals surface area (Å²) in [7, 11) is 0. The third kappa shape index (κ3) is 3.81. The van der Waals surface area contributed by atoms with E-state index >= 15 is 0 Å². The predicted octanol–water partition coefficient (Wildman–Crippen LogP) is 5.69. The fraction of sp³-hybridized carbons (Fsp3) is 0.370. The summed E-state index contributed by atoms with van der Waals surface area (Å²) in [6.07, 6.45) is 6.04. The number of carbonyl (C=O) groups excluding carboxylic acids is 1. The summed E-state index contributed by atoms with van der Waals surface area (Å²) in [5.74, 6) is 0.0843. The van der Waals surface area contributed by atoms with Crippen LogP contribution < -0.4 is 0 Å². The third-order valence-corrected chi connectivity index (χ3v) is 6.59. The van der Waals surface area contributed by atoms with Gasteiger partial charge in [-0.1, -0.05) is 71.8 Å². The molecular formula is C27H29NO3. The largest absolute Gasteiger partial charge is 0.448 e. The molecule has 2 bridgehead atoms. The number of amides is 1. The highest BCUT2D eigenvalue weighted by Crippen LogP contribution is 2.44. The van der Waals surface area contributed by atoms with Gasteiger partial charge in [0.05, 0.1) is 25.3 Å². The van der Waals surface area contributed by atoms with Crippen LogP contribution in [0.5, 0.6) is 0 Å². The van der Waals surface area contributed by atoms with E-state index in [1.54, 1.807) is 0 Å². The molecule has 1 amide bonds. The lowest BCUT2D eigenvalue weighted by Gasteiger charge is -2.43. The Labute approximate surface area is 184 Å². The van der Waals surface area contributed by atoms with Gasteiger partial charge in [0.15, 0.2) is 0 Å². The molecule has 31 heavy (non-hydrogen) atoms. The zero-order valence-corrected chi connectivity index (χ0v) is 18.2. The van der Waals surface area contributed by atoms with Crippen molar-refractivity contribution in [2.24, 2.45) is 0 Å². The highest BCUT2D eigenvalue weighted by Gasteiger charge is 2.39. The van der Waals surface area contributed by atoms with E-state index in [-0.39, 0.29) is 24.1 Å². The topological polar surface area (TPSA) is 38.8 Å². The maximum absolute atomic E-state index is 13.2. The summed E-state index contributed by atoms with van der Waals surface area (Å²) >= 11 is 0. The van der Waals surface area contributed by atoms with Gasteiger partial charge in [0.25, 0.3) is 0 Å². The summed E-state index contributed by atoms with van der Waals surface area (Å²) in [5, 5.41) is 0. The van der Waals surface area contributed by atoms with Gasteiger partial charge < -0.3 is 9.47 Å². The number of carbonyl (C=O) groups is 1. The number of hydrogen-bond acceptors (Lipinski definition) is 3. The van der Waals surface area contributed by atoms with Crippen molar-refractivity contribution in [2.75, 3.05) is 19.8 Å². The second-order valence-electron chi connectivity index (χ2n) is 8.98. The van der Waals surface area contributed by atoms with Gasteiger partial charge in [0.1, 0.15) is 6.61 Å². The zero-order chi connectivity index (χ0) is 21.4. The first kappa shape index (κ1) is 20.1. The monoisotopic (exact) mass is 415 g/mol. The van der Waals surface area contributed by atoms with Crippen LogP contribution in [0.2, 0.25) is 0 Å². The lowest BCUT2D eigenvalue weighted by molar-refractivity contribution is -0.0363. The van der Waals surface area contributed by atoms with E-state index in [9.17, 15) is 4.79 Å². The quantitative estimate of drug-likeness (QED) is 0.602. The average molecular weight is 416 g/mol. The molecular weight excluding hydrogens is 386 g/mol. The Morgan fingerprint density at radius 2 is 1.74 bits per heavy atom. The van der Waals surface area contributed by atoms with Gasteiger partial charge in [-0.2, -0.15) is 0 Å². The fourth-order valence-corrected chi connectivity index (χ4v) is 5.12. The average Bonchev–Trinajstić information content (AvgIpc) is 3.09. The molecule has 0 aromatic heterocycles. The van der Waals surface area contributed by atoms with Crippen LogP contribution in [-0.4, -0.2) is 42.9 Å². The SMILES string of the molecule is CC(C)=CCC1=CC2COCC(C1)N2C(=O)OCC1c2ccccc2-c2ccccc21. The normalized spacial score (nSPS) is 21.7. The highest BCUT2D eigenvalue weighted by molar-refractivity contribution is 5.79. The Kier molecular flexibility index (Phi) is 5.41. The number of ether oxygens (including phenoxy) is 2. The molecule has 5 rings (SSSR count). The molecule has 2 aliphatic heterocycles. The first-order valence-electron chi connectivity index (χ1n) is 11.2. The van der Waals surface area contributed by atoms with Gasteiger partial charge in [-0.25, -0.2) is 4.79 Å². The summed E-state index contributed by atoms with van der Waals surface area (Å²) < 4.78 is 11.7. The molecule has 0 radical (unpaired) electrons. The molecule has 160 valence electrons. The summed E-state index contributed by atoms with van der Waals surface area (Å²) in [5.41, 5.74) is 7.68. The first-order valence-corrected chi connectivity index (χ1v) is 11.2. The van der Waals surface area contributed by atoms with E-state index in [1.807, 2.05) is 4.90 Å². The number of allylic oxidation sites excluding steroid dienone is 2. The molecule has 2 unspecified atom stereocenters. The lowest BCUT2D eigenvalue weighted by atomic mass is 9.92. The molecule has 0 spiro atoms. The lowest BCUT2D eigenvalue weighted by Crippen LogP contribution is -2.56. The molecule has 3 aliphatic rings. The Morgan fingerprint density at radius 3 is 2.39 bits per heavy atom. The van der Waals surface area contributed by atoms with Gasteiger partial charge in [-0.15, -0.1) is 0 Å². The minimum absolute atomic E-state index is 0.0382. The van der Waals surface area contributed by atoms with E-state index in [4.69, 9.17) is 9.47 Å². The maximum atomic E-state index is 13.2. The van der Waals surface area contributed by atoms with Crippen LogP contribution in [0.3, 0.4) is 0 Å². The van der Waals surface area contributed by atoms with Crippen molar-refractivity contribution in [3.05, 3.63) is 83.0 Å². The molecule has 0 N–H and O–H groups in total. The Hall–Kier alpha value is -2.85. The van der Waals surface area contributed by atoms with E-state index in [2.05, 4.69) is 74.5 Å². The van der Waals surface area contributed by atoms with Crippen LogP contribution in [0, 0.1) is 0 Å². The van der Waals surface area contributed by atoms with Crippen LogP contribution in [0.1, 0.15) is 43.7 Å². The minimum Gasteiger partial charge on any atom is -0.448 e. The third-order valence-electron chi connectivity index (χ3n) is 6.59. The molecule has 2 aromatic rings. The molecule has 1 aliphatic carbocycles. The van der Waals surface area contributed by atoms with E-state index in [0.717, 1.165) is 12.8 Å². The molecule has 2 heterocycles. The number of rotatable bonds is 4. The fourth-order valence-electron chi connectivity index (χ4n) is 5.12. The minimum atomic E-state index is -0.224. The van der Waals surface area contributed by atoms with Crippen LogP contribution >= 0.6 is 0 Å². The molecule has 1 saturated heterocycles. The predicted molar refractivity (Wildman–Crippen MR) is 122 cm³/mol. The van der Waals surface area contributed by atoms with Gasteiger partial charge in [-0.3, -0.25) is 4.90 Å². The number of hydrogen-bond donors (Lipinski definition) is 0. The number of morpholine rings is 1. The van der Waals surface area contributed by atoms with Crippen molar-refractivity contribution < 1.29 is 14.3 Å².